The summed E-state index contributed by atoms with van der Waals surface area (Å²) in [7, 11) is -1.72. The highest BCUT2D eigenvalue weighted by Crippen LogP contribution is 2.37. The largest absolute Gasteiger partial charge is 0.507 e. The lowest BCUT2D eigenvalue weighted by Crippen LogP contribution is -2.32. The average Bonchev–Trinajstić information content (AvgIpc) is 2.97. The van der Waals surface area contributed by atoms with E-state index in [4.69, 9.17) is 10.0 Å². The number of aromatic hydroxyl groups is 2. The molecule has 0 heterocycles. The molecule has 40 heavy (non-hydrogen) atoms. The predicted octanol–water partition coefficient (Wildman–Crippen LogP) is 7.16. The van der Waals surface area contributed by atoms with Crippen LogP contribution in [0, 0.1) is 11.6 Å². The Morgan fingerprint density at radius 1 is 0.525 bits per heavy atom. The second-order valence-electron chi connectivity index (χ2n) is 8.68. The number of phenolic OH excluding ortho intramolecular Hbond substituents is 2. The van der Waals surface area contributed by atoms with Gasteiger partial charge >= 0.3 is 7.12 Å². The van der Waals surface area contributed by atoms with E-state index in [2.05, 4.69) is 15.9 Å². The minimum Gasteiger partial charge on any atom is -0.507 e. The molecule has 0 unspecified atom stereocenters. The molecule has 200 valence electrons. The van der Waals surface area contributed by atoms with E-state index in [1.165, 1.54) is 30.3 Å². The fourth-order valence-corrected chi connectivity index (χ4v) is 4.61. The fraction of sp³-hybridized carbons (Fsp3) is 0. The standard InChI is InChI=1S/C16H11FO.C10H7BrO.C6H6BFO2/c17-14-8-4-3-7-13(14)16-12-6-2-1-5-11(12)9-10-15(16)18;11-10-8-4-2-1-3-7(8)5-6-9(10)12;8-6-4-2-1-3-5(6)7(9)10/h1-10,18H;1-6,12H;1-4,9-10H. The Bertz CT molecular complexity index is 1760. The van der Waals surface area contributed by atoms with Gasteiger partial charge in [0.2, 0.25) is 0 Å². The number of halogens is 3. The van der Waals surface area contributed by atoms with E-state index in [-0.39, 0.29) is 22.8 Å². The second-order valence-corrected chi connectivity index (χ2v) is 9.47. The van der Waals surface area contributed by atoms with E-state index in [1.807, 2.05) is 60.7 Å². The summed E-state index contributed by atoms with van der Waals surface area (Å²) < 4.78 is 27.2. The SMILES string of the molecule is OB(O)c1ccccc1F.Oc1ccc2ccccc2c1-c1ccccc1F.Oc1ccc2ccccc2c1Br. The smallest absolute Gasteiger partial charge is 0.491 e. The van der Waals surface area contributed by atoms with E-state index in [0.717, 1.165) is 26.0 Å². The molecule has 6 aromatic carbocycles. The molecule has 0 radical (unpaired) electrons. The summed E-state index contributed by atoms with van der Waals surface area (Å²) in [5.41, 5.74) is 0.875. The van der Waals surface area contributed by atoms with Crippen molar-refractivity contribution in [3.8, 4) is 22.6 Å². The van der Waals surface area contributed by atoms with Gasteiger partial charge < -0.3 is 20.3 Å². The van der Waals surface area contributed by atoms with E-state index in [1.54, 1.807) is 30.3 Å². The predicted molar refractivity (Wildman–Crippen MR) is 161 cm³/mol. The van der Waals surface area contributed by atoms with Crippen LogP contribution in [0.5, 0.6) is 11.5 Å². The van der Waals surface area contributed by atoms with Gasteiger partial charge in [-0.05, 0) is 61.7 Å². The summed E-state index contributed by atoms with van der Waals surface area (Å²) in [4.78, 5) is 0. The molecule has 8 heteroatoms. The van der Waals surface area contributed by atoms with Crippen LogP contribution < -0.4 is 5.46 Å². The zero-order valence-electron chi connectivity index (χ0n) is 21.0. The quantitative estimate of drug-likeness (QED) is 0.159. The first-order valence-corrected chi connectivity index (χ1v) is 13.0. The second kappa shape index (κ2) is 13.2. The molecular formula is C32H24BBrF2O4. The van der Waals surface area contributed by atoms with Crippen molar-refractivity contribution < 1.29 is 29.0 Å². The maximum Gasteiger partial charge on any atom is 0.491 e. The van der Waals surface area contributed by atoms with Crippen molar-refractivity contribution >= 4 is 50.1 Å². The Hall–Kier alpha value is -4.24. The monoisotopic (exact) mass is 600 g/mol. The third-order valence-electron chi connectivity index (χ3n) is 6.08. The maximum atomic E-state index is 13.9. The Morgan fingerprint density at radius 3 is 1.62 bits per heavy atom. The number of benzene rings is 6. The minimum absolute atomic E-state index is 0.0949. The van der Waals surface area contributed by atoms with Gasteiger partial charge in [-0.2, -0.15) is 0 Å². The van der Waals surface area contributed by atoms with Crippen LogP contribution in [0.1, 0.15) is 0 Å². The molecule has 0 atom stereocenters. The lowest BCUT2D eigenvalue weighted by atomic mass is 9.80. The van der Waals surface area contributed by atoms with Crippen molar-refractivity contribution in [2.45, 2.75) is 0 Å². The van der Waals surface area contributed by atoms with E-state index < -0.39 is 12.9 Å². The molecule has 0 aliphatic heterocycles. The fourth-order valence-electron chi connectivity index (χ4n) is 4.11. The molecule has 0 fully saturated rings. The van der Waals surface area contributed by atoms with Crippen LogP contribution in [0.4, 0.5) is 8.78 Å². The van der Waals surface area contributed by atoms with Gasteiger partial charge in [-0.25, -0.2) is 8.78 Å². The van der Waals surface area contributed by atoms with Gasteiger partial charge in [0.15, 0.2) is 0 Å². The normalized spacial score (nSPS) is 10.3. The number of hydrogen-bond donors (Lipinski definition) is 4. The Labute approximate surface area is 238 Å². The Kier molecular flexibility index (Phi) is 9.50. The van der Waals surface area contributed by atoms with Crippen molar-refractivity contribution in [3.63, 3.8) is 0 Å². The first-order valence-electron chi connectivity index (χ1n) is 12.2. The van der Waals surface area contributed by atoms with E-state index in [0.29, 0.717) is 11.1 Å². The number of hydrogen-bond acceptors (Lipinski definition) is 4. The first-order chi connectivity index (χ1) is 19.3. The molecule has 0 aromatic heterocycles. The average molecular weight is 601 g/mol. The molecule has 0 aliphatic carbocycles. The van der Waals surface area contributed by atoms with Crippen molar-refractivity contribution in [1.82, 2.24) is 0 Å². The highest BCUT2D eigenvalue weighted by atomic mass is 79.9. The van der Waals surface area contributed by atoms with Gasteiger partial charge in [0.05, 0.1) is 4.47 Å². The van der Waals surface area contributed by atoms with Crippen LogP contribution in [0.2, 0.25) is 0 Å². The summed E-state index contributed by atoms with van der Waals surface area (Å²) in [6.07, 6.45) is 0. The number of fused-ring (bicyclic) bond motifs is 2. The molecular weight excluding hydrogens is 577 g/mol. The molecule has 0 spiro atoms. The van der Waals surface area contributed by atoms with Crippen LogP contribution in [0.3, 0.4) is 0 Å². The van der Waals surface area contributed by atoms with Gasteiger partial charge in [0.1, 0.15) is 23.1 Å². The van der Waals surface area contributed by atoms with Crippen molar-refractivity contribution in [2.75, 3.05) is 0 Å². The molecule has 0 saturated heterocycles. The highest BCUT2D eigenvalue weighted by molar-refractivity contribution is 9.10. The number of phenols is 2. The van der Waals surface area contributed by atoms with Crippen molar-refractivity contribution in [2.24, 2.45) is 0 Å². The molecule has 0 bridgehead atoms. The van der Waals surface area contributed by atoms with Crippen LogP contribution in [0.25, 0.3) is 32.7 Å². The third-order valence-corrected chi connectivity index (χ3v) is 6.91. The molecule has 6 rings (SSSR count). The summed E-state index contributed by atoms with van der Waals surface area (Å²) in [5, 5.41) is 40.4. The van der Waals surface area contributed by atoms with Crippen molar-refractivity contribution in [1.29, 1.82) is 0 Å². The van der Waals surface area contributed by atoms with Gasteiger partial charge in [0.25, 0.3) is 0 Å². The zero-order valence-corrected chi connectivity index (χ0v) is 22.6. The zero-order chi connectivity index (χ0) is 28.6. The highest BCUT2D eigenvalue weighted by Gasteiger charge is 2.14. The van der Waals surface area contributed by atoms with Crippen molar-refractivity contribution in [3.05, 3.63) is 137 Å². The third kappa shape index (κ3) is 6.66. The summed E-state index contributed by atoms with van der Waals surface area (Å²) >= 11 is 3.33. The van der Waals surface area contributed by atoms with Crippen LogP contribution >= 0.6 is 15.9 Å². The minimum atomic E-state index is -1.72. The maximum absolute atomic E-state index is 13.9. The van der Waals surface area contributed by atoms with E-state index in [9.17, 15) is 19.0 Å². The molecule has 0 saturated carbocycles. The Balaban J connectivity index is 0.000000147. The van der Waals surface area contributed by atoms with Gasteiger partial charge in [-0.1, -0.05) is 97.1 Å². The van der Waals surface area contributed by atoms with Crippen LogP contribution in [0.15, 0.2) is 126 Å². The lowest BCUT2D eigenvalue weighted by Gasteiger charge is -2.10. The first kappa shape index (κ1) is 28.8. The van der Waals surface area contributed by atoms with E-state index >= 15 is 0 Å². The summed E-state index contributed by atoms with van der Waals surface area (Å²) in [6, 6.07) is 34.6. The summed E-state index contributed by atoms with van der Waals surface area (Å²) in [5.74, 6) is -0.547. The van der Waals surface area contributed by atoms with Crippen LogP contribution in [-0.4, -0.2) is 27.4 Å². The summed E-state index contributed by atoms with van der Waals surface area (Å²) in [6.45, 7) is 0. The molecule has 4 N–H and O–H groups in total. The molecule has 4 nitrogen and oxygen atoms in total. The van der Waals surface area contributed by atoms with Crippen LogP contribution in [-0.2, 0) is 0 Å². The lowest BCUT2D eigenvalue weighted by molar-refractivity contribution is 0.423. The topological polar surface area (TPSA) is 80.9 Å². The molecule has 6 aromatic rings. The number of rotatable bonds is 2. The Morgan fingerprint density at radius 2 is 1.02 bits per heavy atom. The van der Waals surface area contributed by atoms with Gasteiger partial charge in [-0.3, -0.25) is 0 Å². The molecule has 0 amide bonds. The molecule has 0 aliphatic rings. The van der Waals surface area contributed by atoms with Gasteiger partial charge in [0, 0.05) is 16.6 Å². The van der Waals surface area contributed by atoms with Gasteiger partial charge in [-0.15, -0.1) is 0 Å².